The van der Waals surface area contributed by atoms with Crippen LogP contribution in [0.3, 0.4) is 0 Å². The van der Waals surface area contributed by atoms with Crippen molar-refractivity contribution in [3.63, 3.8) is 0 Å². The van der Waals surface area contributed by atoms with Crippen LogP contribution >= 0.6 is 0 Å². The number of hydrogen-bond donors (Lipinski definition) is 1. The summed E-state index contributed by atoms with van der Waals surface area (Å²) in [5, 5.41) is 10.7. The highest BCUT2D eigenvalue weighted by molar-refractivity contribution is 6.74. The Morgan fingerprint density at radius 3 is 2.60 bits per heavy atom. The predicted octanol–water partition coefficient (Wildman–Crippen LogP) is 4.83. The Bertz CT molecular complexity index is 603. The largest absolute Gasteiger partial charge is 0.413 e. The van der Waals surface area contributed by atoms with Gasteiger partial charge in [-0.15, -0.1) is 0 Å². The summed E-state index contributed by atoms with van der Waals surface area (Å²) in [6.07, 6.45) is 5.16. The molecule has 2 bridgehead atoms. The van der Waals surface area contributed by atoms with Gasteiger partial charge in [-0.05, 0) is 43.5 Å². The highest BCUT2D eigenvalue weighted by atomic mass is 28.4. The summed E-state index contributed by atoms with van der Waals surface area (Å²) >= 11 is 0. The molecule has 0 aromatic heterocycles. The number of ether oxygens (including phenoxy) is 1. The quantitative estimate of drug-likeness (QED) is 0.576. The maximum atomic E-state index is 10.5. The Hall–Kier alpha value is -0.423. The van der Waals surface area contributed by atoms with Gasteiger partial charge in [0, 0.05) is 17.3 Å². The fraction of sp³-hybridized carbons (Fsp3) is 0.810. The van der Waals surface area contributed by atoms with Gasteiger partial charge in [-0.25, -0.2) is 0 Å². The second kappa shape index (κ2) is 5.79. The maximum absolute atomic E-state index is 10.5. The van der Waals surface area contributed by atoms with Crippen LogP contribution in [0.15, 0.2) is 23.8 Å². The maximum Gasteiger partial charge on any atom is 0.192 e. The van der Waals surface area contributed by atoms with E-state index in [-0.39, 0.29) is 40.8 Å². The van der Waals surface area contributed by atoms with Gasteiger partial charge < -0.3 is 14.3 Å². The molecule has 0 spiro atoms. The van der Waals surface area contributed by atoms with E-state index >= 15 is 0 Å². The van der Waals surface area contributed by atoms with Crippen molar-refractivity contribution in [1.29, 1.82) is 0 Å². The van der Waals surface area contributed by atoms with Gasteiger partial charge in [-0.3, -0.25) is 0 Å². The van der Waals surface area contributed by atoms with Crippen molar-refractivity contribution in [1.82, 2.24) is 0 Å². The number of aliphatic hydroxyl groups excluding tert-OH is 1. The van der Waals surface area contributed by atoms with Crippen molar-refractivity contribution in [2.45, 2.75) is 90.3 Å². The molecule has 1 heterocycles. The monoisotopic (exact) mass is 364 g/mol. The van der Waals surface area contributed by atoms with Gasteiger partial charge >= 0.3 is 0 Å². The van der Waals surface area contributed by atoms with Crippen LogP contribution in [0.4, 0.5) is 0 Å². The molecule has 2 fully saturated rings. The van der Waals surface area contributed by atoms with Crippen molar-refractivity contribution in [2.24, 2.45) is 10.8 Å². The van der Waals surface area contributed by atoms with Crippen molar-refractivity contribution in [3.05, 3.63) is 23.8 Å². The minimum atomic E-state index is -1.92. The lowest BCUT2D eigenvalue weighted by molar-refractivity contribution is -0.151. The summed E-state index contributed by atoms with van der Waals surface area (Å²) < 4.78 is 13.4. The second-order valence-corrected chi connectivity index (χ2v) is 15.0. The van der Waals surface area contributed by atoms with Gasteiger partial charge in [0.1, 0.15) is 0 Å². The van der Waals surface area contributed by atoms with Gasteiger partial charge in [-0.1, -0.05) is 45.9 Å². The molecule has 2 aliphatic carbocycles. The van der Waals surface area contributed by atoms with Crippen molar-refractivity contribution < 1.29 is 14.3 Å². The molecule has 1 aliphatic heterocycles. The lowest BCUT2D eigenvalue weighted by Crippen LogP contribution is -2.60. The summed E-state index contributed by atoms with van der Waals surface area (Å²) in [6, 6.07) is 0. The second-order valence-electron chi connectivity index (χ2n) is 10.2. The number of rotatable bonds is 3. The van der Waals surface area contributed by atoms with Crippen LogP contribution in [-0.2, 0) is 9.16 Å². The van der Waals surface area contributed by atoms with E-state index in [1.807, 2.05) is 0 Å². The van der Waals surface area contributed by atoms with E-state index in [0.29, 0.717) is 0 Å². The third-order valence-electron chi connectivity index (χ3n) is 7.94. The molecule has 142 valence electrons. The fourth-order valence-corrected chi connectivity index (χ4v) is 6.29. The molecule has 5 atom stereocenters. The van der Waals surface area contributed by atoms with Crippen LogP contribution < -0.4 is 0 Å². The third kappa shape index (κ3) is 2.55. The molecule has 0 amide bonds. The first-order valence-corrected chi connectivity index (χ1v) is 12.6. The number of hydrogen-bond acceptors (Lipinski definition) is 3. The number of fused-ring (bicyclic) bond motifs is 4. The van der Waals surface area contributed by atoms with Crippen LogP contribution in [0, 0.1) is 10.8 Å². The average molecular weight is 365 g/mol. The number of aliphatic hydroxyl groups is 1. The minimum absolute atomic E-state index is 0.0280. The van der Waals surface area contributed by atoms with E-state index in [1.165, 1.54) is 5.57 Å². The third-order valence-corrected chi connectivity index (χ3v) is 12.4. The van der Waals surface area contributed by atoms with Crippen molar-refractivity contribution in [3.8, 4) is 0 Å². The summed E-state index contributed by atoms with van der Waals surface area (Å²) in [6.45, 7) is 20.5. The molecule has 3 rings (SSSR count). The molecular formula is C21H36O3Si. The highest BCUT2D eigenvalue weighted by Gasteiger charge is 2.67. The van der Waals surface area contributed by atoms with Crippen LogP contribution in [0.5, 0.6) is 0 Å². The zero-order valence-electron chi connectivity index (χ0n) is 17.1. The molecule has 0 aromatic rings. The topological polar surface area (TPSA) is 38.7 Å². The van der Waals surface area contributed by atoms with Crippen molar-refractivity contribution >= 4 is 8.32 Å². The first-order valence-electron chi connectivity index (χ1n) is 9.70. The van der Waals surface area contributed by atoms with Crippen LogP contribution in [-0.4, -0.2) is 38.3 Å². The Balaban J connectivity index is 2.03. The van der Waals surface area contributed by atoms with E-state index < -0.39 is 8.32 Å². The zero-order valence-corrected chi connectivity index (χ0v) is 18.1. The van der Waals surface area contributed by atoms with Crippen LogP contribution in [0.25, 0.3) is 0 Å². The van der Waals surface area contributed by atoms with E-state index in [9.17, 15) is 5.11 Å². The van der Waals surface area contributed by atoms with Crippen molar-refractivity contribution in [2.75, 3.05) is 6.61 Å². The summed E-state index contributed by atoms with van der Waals surface area (Å²) in [5.41, 5.74) is 1.95. The summed E-state index contributed by atoms with van der Waals surface area (Å²) in [7, 11) is -1.92. The number of allylic oxidation sites excluding steroid dienone is 1. The van der Waals surface area contributed by atoms with E-state index in [4.69, 9.17) is 9.16 Å². The highest BCUT2D eigenvalue weighted by Crippen LogP contribution is 2.65. The zero-order chi connectivity index (χ0) is 18.8. The fourth-order valence-electron chi connectivity index (χ4n) is 4.89. The molecular weight excluding hydrogens is 328 g/mol. The van der Waals surface area contributed by atoms with E-state index in [0.717, 1.165) is 24.8 Å². The Morgan fingerprint density at radius 2 is 2.04 bits per heavy atom. The molecule has 3 nitrogen and oxygen atoms in total. The smallest absolute Gasteiger partial charge is 0.192 e. The Morgan fingerprint density at radius 1 is 1.40 bits per heavy atom. The van der Waals surface area contributed by atoms with Crippen LogP contribution in [0.1, 0.15) is 53.9 Å². The predicted molar refractivity (Wildman–Crippen MR) is 105 cm³/mol. The molecule has 1 saturated carbocycles. The normalized spacial score (nSPS) is 41.5. The lowest BCUT2D eigenvalue weighted by atomic mass is 9.53. The van der Waals surface area contributed by atoms with Gasteiger partial charge in [0.15, 0.2) is 8.32 Å². The van der Waals surface area contributed by atoms with Gasteiger partial charge in [0.05, 0.1) is 24.9 Å². The summed E-state index contributed by atoms with van der Waals surface area (Å²) in [5.74, 6) is 0. The molecule has 0 unspecified atom stereocenters. The lowest BCUT2D eigenvalue weighted by Gasteiger charge is -2.57. The first-order chi connectivity index (χ1) is 11.4. The SMILES string of the molecule is C=C1[C@H]2C[C@@H](O[Si](C)(C)C(C)(C)C)[C@@]1(C)[C@@]1(CO)CCC(C)=C[C@H]1O2. The minimum Gasteiger partial charge on any atom is -0.413 e. The summed E-state index contributed by atoms with van der Waals surface area (Å²) in [4.78, 5) is 0. The molecule has 1 saturated heterocycles. The van der Waals surface area contributed by atoms with Gasteiger partial charge in [0.25, 0.3) is 0 Å². The Kier molecular flexibility index (Phi) is 4.48. The molecule has 0 radical (unpaired) electrons. The van der Waals surface area contributed by atoms with E-state index in [2.05, 4.69) is 60.4 Å². The molecule has 0 aromatic carbocycles. The van der Waals surface area contributed by atoms with Crippen LogP contribution in [0.2, 0.25) is 18.1 Å². The standard InChI is InChI=1S/C21H36O3Si/c1-14-9-10-21(13-22)18(11-14)23-16-12-17(20(21,6)15(16)2)24-25(7,8)19(3,4)5/h11,16-18,22H,2,9-10,12-13H2,1,3-8H3/t16-,17-,18-,20+,21-/m1/s1. The Labute approximate surface area is 154 Å². The first kappa shape index (κ1) is 19.3. The van der Waals surface area contributed by atoms with Gasteiger partial charge in [0.2, 0.25) is 0 Å². The molecule has 4 heteroatoms. The van der Waals surface area contributed by atoms with Gasteiger partial charge in [-0.2, -0.15) is 0 Å². The molecule has 25 heavy (non-hydrogen) atoms. The average Bonchev–Trinajstić information content (AvgIpc) is 2.66. The molecule has 3 aliphatic rings. The molecule has 1 N–H and O–H groups in total. The van der Waals surface area contributed by atoms with E-state index in [1.54, 1.807) is 0 Å².